The fourth-order valence-corrected chi connectivity index (χ4v) is 6.00. The van der Waals surface area contributed by atoms with E-state index in [2.05, 4.69) is 45.7 Å². The molecule has 0 saturated heterocycles. The summed E-state index contributed by atoms with van der Waals surface area (Å²) in [6, 6.07) is 24.0. The van der Waals surface area contributed by atoms with E-state index in [-0.39, 0.29) is 13.2 Å². The Morgan fingerprint density at radius 1 is 0.580 bits per heavy atom. The maximum absolute atomic E-state index is 10.1. The summed E-state index contributed by atoms with van der Waals surface area (Å²) < 4.78 is 12.5. The van der Waals surface area contributed by atoms with Crippen LogP contribution in [0, 0.1) is 13.8 Å². The lowest BCUT2D eigenvalue weighted by Crippen LogP contribution is -2.37. The molecule has 4 rings (SSSR count). The van der Waals surface area contributed by atoms with Crippen molar-refractivity contribution in [3.8, 4) is 22.6 Å². The standard InChI is InChI=1S/C40H54N4O6/c1-31-37(13-7-15-39(31)49-25-9-21-43(27-35(47)29-45)23-17-33-11-3-5-19-41-33)38-14-8-16-40(32(38)2)50-26-10-22-44(28-36(48)30-46)24-18-34-12-4-6-20-42-34/h3-8,11-16,19-20,35-36,45-48H,9-10,17-18,21-30H2,1-2H3. The van der Waals surface area contributed by atoms with E-state index in [0.29, 0.717) is 26.3 Å². The van der Waals surface area contributed by atoms with Crippen LogP contribution in [0.1, 0.15) is 35.4 Å². The molecule has 0 amide bonds. The van der Waals surface area contributed by atoms with Gasteiger partial charge in [-0.1, -0.05) is 36.4 Å². The summed E-state index contributed by atoms with van der Waals surface area (Å²) in [5.41, 5.74) is 6.29. The quantitative estimate of drug-likeness (QED) is 0.0847. The molecule has 0 aliphatic heterocycles. The fraction of sp³-hybridized carbons (Fsp3) is 0.450. The highest BCUT2D eigenvalue weighted by molar-refractivity contribution is 5.74. The Hall–Kier alpha value is -3.90. The number of aliphatic hydroxyl groups is 4. The first-order valence-corrected chi connectivity index (χ1v) is 17.7. The van der Waals surface area contributed by atoms with Gasteiger partial charge >= 0.3 is 0 Å². The van der Waals surface area contributed by atoms with Crippen LogP contribution in [0.15, 0.2) is 85.2 Å². The van der Waals surface area contributed by atoms with Crippen molar-refractivity contribution in [2.24, 2.45) is 0 Å². The summed E-state index contributed by atoms with van der Waals surface area (Å²) in [6.45, 7) is 8.38. The summed E-state index contributed by atoms with van der Waals surface area (Å²) >= 11 is 0. The van der Waals surface area contributed by atoms with E-state index in [9.17, 15) is 20.4 Å². The summed E-state index contributed by atoms with van der Waals surface area (Å²) in [4.78, 5) is 13.1. The molecule has 2 aromatic carbocycles. The van der Waals surface area contributed by atoms with Gasteiger partial charge in [0.05, 0.1) is 38.6 Å². The summed E-state index contributed by atoms with van der Waals surface area (Å²) in [5.74, 6) is 1.67. The van der Waals surface area contributed by atoms with Crippen LogP contribution in [0.2, 0.25) is 0 Å². The molecule has 0 spiro atoms. The normalized spacial score (nSPS) is 12.7. The Balaban J connectivity index is 1.30. The van der Waals surface area contributed by atoms with E-state index in [4.69, 9.17) is 9.47 Å². The molecular formula is C40H54N4O6. The van der Waals surface area contributed by atoms with Crippen LogP contribution in [0.5, 0.6) is 11.5 Å². The monoisotopic (exact) mass is 686 g/mol. The number of aliphatic hydroxyl groups excluding tert-OH is 4. The van der Waals surface area contributed by atoms with Crippen molar-refractivity contribution in [3.05, 3.63) is 108 Å². The van der Waals surface area contributed by atoms with E-state index in [1.807, 2.05) is 60.7 Å². The van der Waals surface area contributed by atoms with Crippen molar-refractivity contribution in [2.45, 2.75) is 51.7 Å². The third kappa shape index (κ3) is 12.8. The van der Waals surface area contributed by atoms with Gasteiger partial charge in [0.1, 0.15) is 11.5 Å². The molecule has 50 heavy (non-hydrogen) atoms. The zero-order valence-electron chi connectivity index (χ0n) is 29.5. The minimum atomic E-state index is -0.787. The fourth-order valence-electron chi connectivity index (χ4n) is 6.00. The Labute approximate surface area is 297 Å². The van der Waals surface area contributed by atoms with Crippen LogP contribution in [-0.2, 0) is 12.8 Å². The number of pyridine rings is 2. The Morgan fingerprint density at radius 3 is 1.40 bits per heavy atom. The number of hydrogen-bond acceptors (Lipinski definition) is 10. The molecule has 10 heteroatoms. The number of nitrogens with zero attached hydrogens (tertiary/aromatic N) is 4. The molecule has 4 aromatic rings. The zero-order chi connectivity index (χ0) is 35.6. The van der Waals surface area contributed by atoms with Gasteiger partial charge in [0.2, 0.25) is 0 Å². The predicted octanol–water partition coefficient (Wildman–Crippen LogP) is 4.09. The summed E-state index contributed by atoms with van der Waals surface area (Å²) in [5, 5.41) is 39.0. The number of hydrogen-bond donors (Lipinski definition) is 4. The number of aromatic nitrogens is 2. The van der Waals surface area contributed by atoms with Crippen molar-refractivity contribution < 1.29 is 29.9 Å². The van der Waals surface area contributed by atoms with E-state index >= 15 is 0 Å². The number of ether oxygens (including phenoxy) is 2. The molecule has 0 aliphatic rings. The molecule has 0 radical (unpaired) electrons. The second-order valence-corrected chi connectivity index (χ2v) is 12.7. The Bertz CT molecular complexity index is 1410. The van der Waals surface area contributed by atoms with Gasteiger partial charge in [-0.2, -0.15) is 0 Å². The maximum Gasteiger partial charge on any atom is 0.122 e. The molecule has 2 heterocycles. The lowest BCUT2D eigenvalue weighted by molar-refractivity contribution is 0.0577. The highest BCUT2D eigenvalue weighted by atomic mass is 16.5. The van der Waals surface area contributed by atoms with Crippen molar-refractivity contribution in [1.82, 2.24) is 19.8 Å². The highest BCUT2D eigenvalue weighted by Gasteiger charge is 2.15. The van der Waals surface area contributed by atoms with Crippen molar-refractivity contribution in [3.63, 3.8) is 0 Å². The van der Waals surface area contributed by atoms with Crippen LogP contribution < -0.4 is 9.47 Å². The molecular weight excluding hydrogens is 632 g/mol. The molecule has 0 bridgehead atoms. The lowest BCUT2D eigenvalue weighted by atomic mass is 9.95. The molecule has 0 saturated carbocycles. The van der Waals surface area contributed by atoms with Gasteiger partial charge in [-0.05, 0) is 85.3 Å². The van der Waals surface area contributed by atoms with Crippen LogP contribution >= 0.6 is 0 Å². The van der Waals surface area contributed by atoms with Crippen LogP contribution in [0.25, 0.3) is 11.1 Å². The molecule has 0 fully saturated rings. The largest absolute Gasteiger partial charge is 0.493 e. The first-order valence-electron chi connectivity index (χ1n) is 17.7. The Morgan fingerprint density at radius 2 is 1.02 bits per heavy atom. The van der Waals surface area contributed by atoms with Crippen LogP contribution in [0.3, 0.4) is 0 Å². The minimum Gasteiger partial charge on any atom is -0.493 e. The number of benzene rings is 2. The predicted molar refractivity (Wildman–Crippen MR) is 197 cm³/mol. The molecule has 270 valence electrons. The van der Waals surface area contributed by atoms with Gasteiger partial charge in [-0.25, -0.2) is 0 Å². The van der Waals surface area contributed by atoms with E-state index in [1.165, 1.54) is 0 Å². The molecule has 4 N–H and O–H groups in total. The highest BCUT2D eigenvalue weighted by Crippen LogP contribution is 2.35. The van der Waals surface area contributed by atoms with E-state index in [1.54, 1.807) is 12.4 Å². The van der Waals surface area contributed by atoms with Gasteiger partial charge in [0.25, 0.3) is 0 Å². The van der Waals surface area contributed by atoms with Gasteiger partial charge in [-0.15, -0.1) is 0 Å². The molecule has 2 unspecified atom stereocenters. The average molecular weight is 687 g/mol. The smallest absolute Gasteiger partial charge is 0.122 e. The average Bonchev–Trinajstić information content (AvgIpc) is 3.14. The van der Waals surface area contributed by atoms with E-state index in [0.717, 1.165) is 97.0 Å². The van der Waals surface area contributed by atoms with E-state index < -0.39 is 12.2 Å². The van der Waals surface area contributed by atoms with Gasteiger partial charge in [-0.3, -0.25) is 9.97 Å². The topological polar surface area (TPSA) is 132 Å². The van der Waals surface area contributed by atoms with Crippen LogP contribution in [-0.4, -0.2) is 118 Å². The first-order chi connectivity index (χ1) is 24.4. The van der Waals surface area contributed by atoms with Gasteiger partial charge < -0.3 is 39.7 Å². The van der Waals surface area contributed by atoms with Gasteiger partial charge in [0.15, 0.2) is 0 Å². The lowest BCUT2D eigenvalue weighted by Gasteiger charge is -2.24. The third-order valence-corrected chi connectivity index (χ3v) is 8.79. The second kappa shape index (κ2) is 21.3. The first kappa shape index (κ1) is 38.9. The molecule has 0 aliphatic carbocycles. The Kier molecular flexibility index (Phi) is 16.6. The number of rotatable bonds is 23. The minimum absolute atomic E-state index is 0.267. The van der Waals surface area contributed by atoms with Crippen molar-refractivity contribution in [1.29, 1.82) is 0 Å². The zero-order valence-corrected chi connectivity index (χ0v) is 29.5. The van der Waals surface area contributed by atoms with Crippen molar-refractivity contribution in [2.75, 3.05) is 65.7 Å². The molecule has 10 nitrogen and oxygen atoms in total. The summed E-state index contributed by atoms with van der Waals surface area (Å²) in [6.07, 6.45) is 5.07. The summed E-state index contributed by atoms with van der Waals surface area (Å²) in [7, 11) is 0. The SMILES string of the molecule is Cc1c(OCCCN(CCc2ccccn2)CC(O)CO)cccc1-c1cccc(OCCCN(CCc2ccccn2)CC(O)CO)c1C. The van der Waals surface area contributed by atoms with Crippen LogP contribution in [0.4, 0.5) is 0 Å². The van der Waals surface area contributed by atoms with Crippen molar-refractivity contribution >= 4 is 0 Å². The molecule has 2 atom stereocenters. The molecule has 2 aromatic heterocycles. The van der Waals surface area contributed by atoms with Gasteiger partial charge in [0, 0.05) is 75.9 Å². The third-order valence-electron chi connectivity index (χ3n) is 8.79. The second-order valence-electron chi connectivity index (χ2n) is 12.7. The maximum atomic E-state index is 10.1.